The third-order valence-electron chi connectivity index (χ3n) is 4.80. The quantitative estimate of drug-likeness (QED) is 0.396. The highest BCUT2D eigenvalue weighted by Gasteiger charge is 2.37. The number of nitrogens with one attached hydrogen (secondary N) is 1. The third-order valence-corrected chi connectivity index (χ3v) is 4.80. The molecular weight excluding hydrogens is 414 g/mol. The average molecular weight is 427 g/mol. The van der Waals surface area contributed by atoms with E-state index in [0.29, 0.717) is 22.6 Å². The maximum absolute atomic E-state index is 13.4. The van der Waals surface area contributed by atoms with Crippen molar-refractivity contribution in [2.24, 2.45) is 0 Å². The van der Waals surface area contributed by atoms with Gasteiger partial charge in [0.15, 0.2) is 0 Å². The summed E-state index contributed by atoms with van der Waals surface area (Å²) in [5.74, 6) is -1.69. The Bertz CT molecular complexity index is 1360. The zero-order valence-electron chi connectivity index (χ0n) is 15.7. The Balaban J connectivity index is 1.66. The van der Waals surface area contributed by atoms with Gasteiger partial charge in [0.25, 0.3) is 0 Å². The lowest BCUT2D eigenvalue weighted by Crippen LogP contribution is -2.07. The fraction of sp³-hybridized carbons (Fsp3) is 0.0952. The molecule has 4 heterocycles. The predicted molar refractivity (Wildman–Crippen MR) is 103 cm³/mol. The van der Waals surface area contributed by atoms with Crippen LogP contribution >= 0.6 is 0 Å². The van der Waals surface area contributed by atoms with E-state index in [1.54, 1.807) is 35.2 Å². The lowest BCUT2D eigenvalue weighted by molar-refractivity contribution is -0.157. The average Bonchev–Trinajstić information content (AvgIpc) is 3.47. The number of benzene rings is 1. The van der Waals surface area contributed by atoms with E-state index in [1.807, 2.05) is 6.07 Å². The zero-order valence-corrected chi connectivity index (χ0v) is 15.7. The van der Waals surface area contributed by atoms with Gasteiger partial charge in [0.2, 0.25) is 0 Å². The molecule has 0 spiro atoms. The van der Waals surface area contributed by atoms with Crippen molar-refractivity contribution in [2.45, 2.75) is 12.7 Å². The van der Waals surface area contributed by atoms with Crippen LogP contribution in [-0.4, -0.2) is 24.5 Å². The number of halogens is 4. The zero-order chi connectivity index (χ0) is 21.6. The summed E-state index contributed by atoms with van der Waals surface area (Å²) in [5.41, 5.74) is 3.35. The Morgan fingerprint density at radius 2 is 1.84 bits per heavy atom. The minimum Gasteiger partial charge on any atom is -0.441 e. The number of nitrogens with zero attached hydrogens (tertiary/aromatic N) is 4. The minimum atomic E-state index is -4.67. The first-order chi connectivity index (χ1) is 14.9. The molecule has 1 N–H and O–H groups in total. The van der Waals surface area contributed by atoms with Crippen molar-refractivity contribution < 1.29 is 22.0 Å². The van der Waals surface area contributed by atoms with Crippen molar-refractivity contribution in [3.05, 3.63) is 78.8 Å². The van der Waals surface area contributed by atoms with E-state index in [0.717, 1.165) is 17.2 Å². The van der Waals surface area contributed by atoms with Gasteiger partial charge in [0.05, 0.1) is 30.0 Å². The first-order valence-corrected chi connectivity index (χ1v) is 9.15. The molecule has 0 atom stereocenters. The van der Waals surface area contributed by atoms with E-state index in [9.17, 15) is 17.6 Å². The van der Waals surface area contributed by atoms with Crippen LogP contribution < -0.4 is 0 Å². The van der Waals surface area contributed by atoms with E-state index < -0.39 is 12.1 Å². The van der Waals surface area contributed by atoms with Crippen LogP contribution in [0.3, 0.4) is 0 Å². The van der Waals surface area contributed by atoms with Gasteiger partial charge in [0.1, 0.15) is 17.7 Å². The highest BCUT2D eigenvalue weighted by Crippen LogP contribution is 2.36. The standard InChI is InChI=1S/C21H13F4N5O/c22-13-3-1-12(2-4-13)17-18(15-5-7-26-19-16(15)6-8-27-19)30(11-28-17)9-14-10-31-20(29-14)21(23,24)25/h1-8,10-11H,9H2,(H,26,27). The van der Waals surface area contributed by atoms with Crippen molar-refractivity contribution in [1.82, 2.24) is 24.5 Å². The van der Waals surface area contributed by atoms with Crippen molar-refractivity contribution in [1.29, 1.82) is 0 Å². The highest BCUT2D eigenvalue weighted by molar-refractivity contribution is 5.95. The number of hydrogen-bond acceptors (Lipinski definition) is 4. The molecule has 0 aliphatic carbocycles. The van der Waals surface area contributed by atoms with Crippen LogP contribution in [0.5, 0.6) is 0 Å². The fourth-order valence-corrected chi connectivity index (χ4v) is 3.46. The molecule has 5 rings (SSSR count). The molecule has 0 aliphatic heterocycles. The Kier molecular flexibility index (Phi) is 4.35. The SMILES string of the molecule is Fc1ccc(-c2ncn(Cc3coc(C(F)(F)F)n3)c2-c2ccnc3[nH]ccc23)cc1. The van der Waals surface area contributed by atoms with Gasteiger partial charge >= 0.3 is 12.1 Å². The van der Waals surface area contributed by atoms with Crippen LogP contribution in [0.2, 0.25) is 0 Å². The molecule has 10 heteroatoms. The lowest BCUT2D eigenvalue weighted by Gasteiger charge is -2.11. The number of imidazole rings is 1. The molecule has 0 radical (unpaired) electrons. The van der Waals surface area contributed by atoms with Crippen LogP contribution in [0.4, 0.5) is 17.6 Å². The van der Waals surface area contributed by atoms with Gasteiger partial charge in [-0.3, -0.25) is 0 Å². The number of rotatable bonds is 4. The van der Waals surface area contributed by atoms with Gasteiger partial charge in [-0.05, 0) is 36.4 Å². The first kappa shape index (κ1) is 19.0. The smallest absolute Gasteiger partial charge is 0.441 e. The van der Waals surface area contributed by atoms with Crippen LogP contribution in [0, 0.1) is 5.82 Å². The monoisotopic (exact) mass is 427 g/mol. The third kappa shape index (κ3) is 3.45. The summed E-state index contributed by atoms with van der Waals surface area (Å²) >= 11 is 0. The van der Waals surface area contributed by atoms with Gasteiger partial charge < -0.3 is 14.0 Å². The molecule has 5 aromatic rings. The summed E-state index contributed by atoms with van der Waals surface area (Å²) in [6.07, 6.45) is 1.18. The summed E-state index contributed by atoms with van der Waals surface area (Å²) in [7, 11) is 0. The number of alkyl halides is 3. The molecule has 4 aromatic heterocycles. The van der Waals surface area contributed by atoms with Gasteiger partial charge in [-0.1, -0.05) is 0 Å². The molecule has 0 saturated carbocycles. The molecular formula is C21H13F4N5O. The predicted octanol–water partition coefficient (Wildman–Crippen LogP) is 5.29. The Morgan fingerprint density at radius 3 is 2.58 bits per heavy atom. The molecule has 6 nitrogen and oxygen atoms in total. The number of aromatic nitrogens is 5. The normalized spacial score (nSPS) is 12.0. The summed E-state index contributed by atoms with van der Waals surface area (Å²) in [5, 5.41) is 0.809. The summed E-state index contributed by atoms with van der Waals surface area (Å²) in [4.78, 5) is 15.3. The second kappa shape index (κ2) is 7.08. The maximum atomic E-state index is 13.4. The fourth-order valence-electron chi connectivity index (χ4n) is 3.46. The Hall–Kier alpha value is -3.95. The largest absolute Gasteiger partial charge is 0.468 e. The van der Waals surface area contributed by atoms with Crippen LogP contribution in [0.1, 0.15) is 11.6 Å². The van der Waals surface area contributed by atoms with E-state index in [-0.39, 0.29) is 18.1 Å². The molecule has 0 saturated heterocycles. The number of aromatic amines is 1. The summed E-state index contributed by atoms with van der Waals surface area (Å²) in [6, 6.07) is 9.48. The summed E-state index contributed by atoms with van der Waals surface area (Å²) < 4.78 is 58.3. The Morgan fingerprint density at radius 1 is 1.03 bits per heavy atom. The van der Waals surface area contributed by atoms with Gasteiger partial charge in [0, 0.05) is 28.9 Å². The number of fused-ring (bicyclic) bond motifs is 1. The molecule has 156 valence electrons. The van der Waals surface area contributed by atoms with E-state index in [2.05, 4.69) is 24.4 Å². The number of hydrogen-bond donors (Lipinski definition) is 1. The highest BCUT2D eigenvalue weighted by atomic mass is 19.4. The number of H-pyrrole nitrogens is 1. The molecule has 0 fully saturated rings. The van der Waals surface area contributed by atoms with Crippen LogP contribution in [-0.2, 0) is 12.7 Å². The van der Waals surface area contributed by atoms with E-state index in [4.69, 9.17) is 0 Å². The van der Waals surface area contributed by atoms with Crippen molar-refractivity contribution >= 4 is 11.0 Å². The van der Waals surface area contributed by atoms with Gasteiger partial charge in [-0.2, -0.15) is 13.2 Å². The van der Waals surface area contributed by atoms with Crippen molar-refractivity contribution in [3.8, 4) is 22.5 Å². The van der Waals surface area contributed by atoms with E-state index >= 15 is 0 Å². The number of pyridine rings is 1. The van der Waals surface area contributed by atoms with E-state index in [1.165, 1.54) is 18.5 Å². The van der Waals surface area contributed by atoms with Crippen LogP contribution in [0.25, 0.3) is 33.5 Å². The summed E-state index contributed by atoms with van der Waals surface area (Å²) in [6.45, 7) is -0.00263. The first-order valence-electron chi connectivity index (χ1n) is 9.15. The van der Waals surface area contributed by atoms with Crippen molar-refractivity contribution in [2.75, 3.05) is 0 Å². The lowest BCUT2D eigenvalue weighted by atomic mass is 10.0. The van der Waals surface area contributed by atoms with Crippen molar-refractivity contribution in [3.63, 3.8) is 0 Å². The molecule has 0 unspecified atom stereocenters. The molecule has 31 heavy (non-hydrogen) atoms. The van der Waals surface area contributed by atoms with Crippen LogP contribution in [0.15, 0.2) is 65.8 Å². The van der Waals surface area contributed by atoms with Gasteiger partial charge in [-0.25, -0.2) is 19.3 Å². The second-order valence-electron chi connectivity index (χ2n) is 6.82. The molecule has 0 amide bonds. The maximum Gasteiger partial charge on any atom is 0.468 e. The molecule has 0 aliphatic rings. The molecule has 1 aromatic carbocycles. The molecule has 0 bridgehead atoms. The van der Waals surface area contributed by atoms with Gasteiger partial charge in [-0.15, -0.1) is 0 Å². The topological polar surface area (TPSA) is 72.5 Å². The minimum absolute atomic E-state index is 0.00263. The Labute approximate surface area is 172 Å². The number of oxazole rings is 1. The second-order valence-corrected chi connectivity index (χ2v) is 6.82.